The van der Waals surface area contributed by atoms with Gasteiger partial charge in [0.15, 0.2) is 0 Å². The van der Waals surface area contributed by atoms with Gasteiger partial charge in [0, 0.05) is 11.8 Å². The van der Waals surface area contributed by atoms with Crippen molar-refractivity contribution in [3.05, 3.63) is 23.9 Å². The van der Waals surface area contributed by atoms with Gasteiger partial charge in [-0.2, -0.15) is 0 Å². The van der Waals surface area contributed by atoms with E-state index in [2.05, 4.69) is 25.8 Å². The summed E-state index contributed by atoms with van der Waals surface area (Å²) in [5.41, 5.74) is 1.10. The minimum Gasteiger partial charge on any atom is -0.474 e. The lowest BCUT2D eigenvalue weighted by Crippen LogP contribution is -2.34. The van der Waals surface area contributed by atoms with Crippen LogP contribution in [0.15, 0.2) is 18.3 Å². The van der Waals surface area contributed by atoms with Crippen molar-refractivity contribution in [2.45, 2.75) is 52.7 Å². The molecule has 2 rings (SSSR count). The van der Waals surface area contributed by atoms with Crippen molar-refractivity contribution in [3.63, 3.8) is 0 Å². The normalized spacial score (nSPS) is 26.9. The number of aromatic nitrogens is 1. The van der Waals surface area contributed by atoms with E-state index < -0.39 is 0 Å². The van der Waals surface area contributed by atoms with Crippen molar-refractivity contribution in [2.75, 3.05) is 0 Å². The maximum atomic E-state index is 9.28. The molecule has 3 nitrogen and oxygen atoms in total. The molecule has 0 saturated heterocycles. The third-order valence-corrected chi connectivity index (χ3v) is 3.65. The number of hydrogen-bond acceptors (Lipinski definition) is 3. The van der Waals surface area contributed by atoms with Crippen LogP contribution >= 0.6 is 0 Å². The lowest BCUT2D eigenvalue weighted by atomic mass is 9.71. The van der Waals surface area contributed by atoms with Gasteiger partial charge in [-0.15, -0.1) is 0 Å². The molecule has 1 heterocycles. The molecule has 1 N–H and O–H groups in total. The Morgan fingerprint density at radius 2 is 2.22 bits per heavy atom. The van der Waals surface area contributed by atoms with Crippen LogP contribution in [0.4, 0.5) is 0 Å². The lowest BCUT2D eigenvalue weighted by Gasteiger charge is -2.38. The second kappa shape index (κ2) is 5.27. The Hall–Kier alpha value is -1.09. The fourth-order valence-corrected chi connectivity index (χ4v) is 3.16. The van der Waals surface area contributed by atoms with Crippen LogP contribution in [-0.2, 0) is 6.61 Å². The second-order valence-electron chi connectivity index (χ2n) is 6.28. The Balaban J connectivity index is 2.09. The monoisotopic (exact) mass is 249 g/mol. The number of aliphatic hydroxyl groups is 1. The molecule has 1 aromatic heterocycles. The first-order valence-electron chi connectivity index (χ1n) is 6.71. The summed E-state index contributed by atoms with van der Waals surface area (Å²) >= 11 is 0. The number of nitrogens with zero attached hydrogens (tertiary/aromatic N) is 1. The van der Waals surface area contributed by atoms with Crippen LogP contribution in [0, 0.1) is 11.3 Å². The SMILES string of the molecule is CC1CC(Oc2ncccc2CO)CC(C)(C)C1. The van der Waals surface area contributed by atoms with E-state index in [0.29, 0.717) is 17.2 Å². The van der Waals surface area contributed by atoms with Crippen molar-refractivity contribution < 1.29 is 9.84 Å². The van der Waals surface area contributed by atoms with Gasteiger partial charge in [-0.3, -0.25) is 0 Å². The van der Waals surface area contributed by atoms with Crippen LogP contribution in [0.25, 0.3) is 0 Å². The van der Waals surface area contributed by atoms with Gasteiger partial charge in [0.1, 0.15) is 6.10 Å². The van der Waals surface area contributed by atoms with E-state index in [-0.39, 0.29) is 12.7 Å². The Kier molecular flexibility index (Phi) is 3.91. The second-order valence-corrected chi connectivity index (χ2v) is 6.28. The highest BCUT2D eigenvalue weighted by atomic mass is 16.5. The van der Waals surface area contributed by atoms with Gasteiger partial charge in [0.05, 0.1) is 6.61 Å². The molecule has 1 aromatic rings. The summed E-state index contributed by atoms with van der Waals surface area (Å²) in [6.45, 7) is 6.85. The fourth-order valence-electron chi connectivity index (χ4n) is 3.16. The van der Waals surface area contributed by atoms with E-state index in [0.717, 1.165) is 18.4 Å². The van der Waals surface area contributed by atoms with Crippen molar-refractivity contribution in [2.24, 2.45) is 11.3 Å². The maximum absolute atomic E-state index is 9.28. The van der Waals surface area contributed by atoms with Crippen LogP contribution in [0.1, 0.15) is 45.6 Å². The third kappa shape index (κ3) is 3.22. The van der Waals surface area contributed by atoms with Crippen LogP contribution in [0.5, 0.6) is 5.88 Å². The number of pyridine rings is 1. The number of hydrogen-bond donors (Lipinski definition) is 1. The summed E-state index contributed by atoms with van der Waals surface area (Å²) in [5.74, 6) is 1.27. The number of rotatable bonds is 3. The summed E-state index contributed by atoms with van der Waals surface area (Å²) in [4.78, 5) is 4.23. The first kappa shape index (κ1) is 13.3. The standard InChI is InChI=1S/C15H23NO2/c1-11-7-13(9-15(2,3)8-11)18-14-12(10-17)5-4-6-16-14/h4-6,11,13,17H,7-10H2,1-3H3. The molecule has 1 aliphatic rings. The zero-order valence-corrected chi connectivity index (χ0v) is 11.5. The third-order valence-electron chi connectivity index (χ3n) is 3.65. The zero-order chi connectivity index (χ0) is 13.2. The molecule has 1 fully saturated rings. The molecule has 0 aliphatic heterocycles. The van der Waals surface area contributed by atoms with E-state index in [9.17, 15) is 5.11 Å². The quantitative estimate of drug-likeness (QED) is 0.894. The molecule has 2 unspecified atom stereocenters. The predicted molar refractivity (Wildman–Crippen MR) is 71.4 cm³/mol. The van der Waals surface area contributed by atoms with E-state index in [1.807, 2.05) is 12.1 Å². The van der Waals surface area contributed by atoms with Gasteiger partial charge in [0.2, 0.25) is 5.88 Å². The zero-order valence-electron chi connectivity index (χ0n) is 11.5. The highest BCUT2D eigenvalue weighted by Gasteiger charge is 2.33. The maximum Gasteiger partial charge on any atom is 0.219 e. The van der Waals surface area contributed by atoms with Gasteiger partial charge in [-0.05, 0) is 42.7 Å². The van der Waals surface area contributed by atoms with E-state index in [4.69, 9.17) is 4.74 Å². The molecule has 0 amide bonds. The minimum absolute atomic E-state index is 0.0190. The molecule has 0 aromatic carbocycles. The Morgan fingerprint density at radius 1 is 1.44 bits per heavy atom. The molecule has 0 spiro atoms. The van der Waals surface area contributed by atoms with Gasteiger partial charge in [0.25, 0.3) is 0 Å². The molecule has 1 aliphatic carbocycles. The molecular weight excluding hydrogens is 226 g/mol. The predicted octanol–water partition coefficient (Wildman–Crippen LogP) is 3.17. The van der Waals surface area contributed by atoms with Crippen LogP contribution in [0.2, 0.25) is 0 Å². The Labute approximate surface area is 109 Å². The number of ether oxygens (including phenoxy) is 1. The molecule has 0 bridgehead atoms. The molecule has 2 atom stereocenters. The molecule has 0 radical (unpaired) electrons. The van der Waals surface area contributed by atoms with Crippen LogP contribution in [-0.4, -0.2) is 16.2 Å². The smallest absolute Gasteiger partial charge is 0.219 e. The minimum atomic E-state index is -0.0190. The van der Waals surface area contributed by atoms with Gasteiger partial charge in [-0.25, -0.2) is 4.98 Å². The number of aliphatic hydroxyl groups excluding tert-OH is 1. The van der Waals surface area contributed by atoms with Gasteiger partial charge < -0.3 is 9.84 Å². The van der Waals surface area contributed by atoms with E-state index in [1.165, 1.54) is 6.42 Å². The van der Waals surface area contributed by atoms with Crippen LogP contribution in [0.3, 0.4) is 0 Å². The molecule has 18 heavy (non-hydrogen) atoms. The molecule has 3 heteroatoms. The fraction of sp³-hybridized carbons (Fsp3) is 0.667. The van der Waals surface area contributed by atoms with E-state index >= 15 is 0 Å². The summed E-state index contributed by atoms with van der Waals surface area (Å²) in [6, 6.07) is 3.69. The van der Waals surface area contributed by atoms with E-state index in [1.54, 1.807) is 6.20 Å². The first-order valence-corrected chi connectivity index (χ1v) is 6.71. The Bertz CT molecular complexity index is 403. The van der Waals surface area contributed by atoms with Crippen molar-refractivity contribution in [1.82, 2.24) is 4.98 Å². The summed E-state index contributed by atoms with van der Waals surface area (Å²) < 4.78 is 6.01. The summed E-state index contributed by atoms with van der Waals surface area (Å²) in [6.07, 6.45) is 5.31. The summed E-state index contributed by atoms with van der Waals surface area (Å²) in [7, 11) is 0. The van der Waals surface area contributed by atoms with Gasteiger partial charge in [-0.1, -0.05) is 20.8 Å². The van der Waals surface area contributed by atoms with Crippen molar-refractivity contribution in [1.29, 1.82) is 0 Å². The topological polar surface area (TPSA) is 42.4 Å². The molecule has 100 valence electrons. The molecule has 1 saturated carbocycles. The largest absolute Gasteiger partial charge is 0.474 e. The Morgan fingerprint density at radius 3 is 2.89 bits per heavy atom. The lowest BCUT2D eigenvalue weighted by molar-refractivity contribution is 0.0516. The van der Waals surface area contributed by atoms with Crippen LogP contribution < -0.4 is 4.74 Å². The molecular formula is C15H23NO2. The first-order chi connectivity index (χ1) is 8.50. The van der Waals surface area contributed by atoms with Crippen molar-refractivity contribution >= 4 is 0 Å². The van der Waals surface area contributed by atoms with Crippen molar-refractivity contribution in [3.8, 4) is 5.88 Å². The average molecular weight is 249 g/mol. The van der Waals surface area contributed by atoms with Gasteiger partial charge >= 0.3 is 0 Å². The highest BCUT2D eigenvalue weighted by molar-refractivity contribution is 5.24. The average Bonchev–Trinajstić information content (AvgIpc) is 2.27. The summed E-state index contributed by atoms with van der Waals surface area (Å²) in [5, 5.41) is 9.28. The highest BCUT2D eigenvalue weighted by Crippen LogP contribution is 2.40.